The lowest BCUT2D eigenvalue weighted by Gasteiger charge is -2.26. The minimum Gasteiger partial charge on any atom is -0.397 e. The molecule has 0 aliphatic heterocycles. The van der Waals surface area contributed by atoms with E-state index in [0.29, 0.717) is 21.3 Å². The van der Waals surface area contributed by atoms with Crippen molar-refractivity contribution < 1.29 is 4.79 Å². The van der Waals surface area contributed by atoms with Gasteiger partial charge in [-0.25, -0.2) is 0 Å². The maximum atomic E-state index is 12.3. The van der Waals surface area contributed by atoms with Crippen molar-refractivity contribution in [2.75, 3.05) is 12.3 Å². The minimum absolute atomic E-state index is 0.0888. The summed E-state index contributed by atoms with van der Waals surface area (Å²) in [4.78, 5) is 13.6. The lowest BCUT2D eigenvalue weighted by atomic mass is 9.83. The first-order chi connectivity index (χ1) is 10.1. The van der Waals surface area contributed by atoms with Crippen molar-refractivity contribution in [2.45, 2.75) is 32.6 Å². The number of thiophene rings is 1. The molecule has 0 radical (unpaired) electrons. The number of hydrogen-bond donors (Lipinski definition) is 2. The Balaban J connectivity index is 1.65. The fourth-order valence-electron chi connectivity index (χ4n) is 2.89. The van der Waals surface area contributed by atoms with Crippen LogP contribution < -0.4 is 11.1 Å². The molecule has 21 heavy (non-hydrogen) atoms. The summed E-state index contributed by atoms with van der Waals surface area (Å²) in [5, 5.41) is 11.7. The quantitative estimate of drug-likeness (QED) is 0.913. The zero-order chi connectivity index (χ0) is 14.8. The van der Waals surface area contributed by atoms with Gasteiger partial charge in [0.2, 0.25) is 0 Å². The van der Waals surface area contributed by atoms with Gasteiger partial charge in [-0.2, -0.15) is 5.10 Å². The van der Waals surface area contributed by atoms with Crippen LogP contribution in [0.4, 0.5) is 5.69 Å². The molecule has 1 aliphatic rings. The Morgan fingerprint density at radius 3 is 2.90 bits per heavy atom. The summed E-state index contributed by atoms with van der Waals surface area (Å²) in [6.45, 7) is 3.04. The predicted molar refractivity (Wildman–Crippen MR) is 85.3 cm³/mol. The molecule has 0 atom stereocenters. The monoisotopic (exact) mass is 304 g/mol. The second-order valence-electron chi connectivity index (χ2n) is 5.93. The van der Waals surface area contributed by atoms with Crippen LogP contribution in [0, 0.1) is 11.8 Å². The van der Waals surface area contributed by atoms with Gasteiger partial charge in [-0.15, -0.1) is 16.4 Å². The lowest BCUT2D eigenvalue weighted by Crippen LogP contribution is -2.31. The van der Waals surface area contributed by atoms with E-state index in [0.717, 1.165) is 17.8 Å². The molecular weight excluding hydrogens is 284 g/mol. The number of rotatable bonds is 3. The summed E-state index contributed by atoms with van der Waals surface area (Å²) in [6.07, 6.45) is 6.53. The van der Waals surface area contributed by atoms with E-state index in [2.05, 4.69) is 22.4 Å². The number of nitrogens with two attached hydrogens (primary N) is 1. The highest BCUT2D eigenvalue weighted by Crippen LogP contribution is 2.32. The van der Waals surface area contributed by atoms with Crippen LogP contribution in [-0.4, -0.2) is 22.6 Å². The Morgan fingerprint density at radius 2 is 2.19 bits per heavy atom. The molecule has 0 aromatic carbocycles. The normalized spacial score (nSPS) is 22.3. The first kappa shape index (κ1) is 14.3. The van der Waals surface area contributed by atoms with Gasteiger partial charge in [-0.3, -0.25) is 4.79 Å². The van der Waals surface area contributed by atoms with Crippen LogP contribution in [0.3, 0.4) is 0 Å². The average Bonchev–Trinajstić information content (AvgIpc) is 2.84. The third-order valence-electron chi connectivity index (χ3n) is 4.31. The summed E-state index contributed by atoms with van der Waals surface area (Å²) in [6, 6.07) is 1.80. The topological polar surface area (TPSA) is 80.9 Å². The largest absolute Gasteiger partial charge is 0.397 e. The fraction of sp³-hybridized carbons (Fsp3) is 0.533. The molecule has 2 aromatic rings. The van der Waals surface area contributed by atoms with Crippen LogP contribution in [-0.2, 0) is 0 Å². The number of nitrogens with zero attached hydrogens (tertiary/aromatic N) is 2. The molecule has 5 nitrogen and oxygen atoms in total. The van der Waals surface area contributed by atoms with Gasteiger partial charge in [-0.1, -0.05) is 19.8 Å². The minimum atomic E-state index is -0.0888. The maximum absolute atomic E-state index is 12.3. The Hall–Kier alpha value is -1.69. The predicted octanol–water partition coefficient (Wildman–Crippen LogP) is 2.83. The molecule has 3 rings (SSSR count). The highest BCUT2D eigenvalue weighted by molar-refractivity contribution is 7.21. The SMILES string of the molecule is CC1CCC(CNC(=O)c2sc3nnccc3c2N)CC1. The second kappa shape index (κ2) is 5.97. The van der Waals surface area contributed by atoms with Crippen LogP contribution in [0.1, 0.15) is 42.3 Å². The van der Waals surface area contributed by atoms with Gasteiger partial charge in [-0.05, 0) is 30.7 Å². The summed E-state index contributed by atoms with van der Waals surface area (Å²) in [5.74, 6) is 1.34. The molecule has 1 saturated carbocycles. The number of hydrogen-bond acceptors (Lipinski definition) is 5. The molecule has 6 heteroatoms. The van der Waals surface area contributed by atoms with Crippen molar-refractivity contribution in [3.63, 3.8) is 0 Å². The summed E-state index contributed by atoms with van der Waals surface area (Å²) < 4.78 is 0. The van der Waals surface area contributed by atoms with Gasteiger partial charge < -0.3 is 11.1 Å². The Labute approximate surface area is 127 Å². The molecule has 1 fully saturated rings. The van der Waals surface area contributed by atoms with Crippen molar-refractivity contribution in [3.8, 4) is 0 Å². The van der Waals surface area contributed by atoms with Crippen LogP contribution in [0.15, 0.2) is 12.3 Å². The Kier molecular flexibility index (Phi) is 4.05. The number of anilines is 1. The van der Waals surface area contributed by atoms with Gasteiger partial charge in [0, 0.05) is 11.9 Å². The number of nitrogen functional groups attached to an aromatic ring is 1. The van der Waals surface area contributed by atoms with Gasteiger partial charge >= 0.3 is 0 Å². The van der Waals surface area contributed by atoms with Crippen molar-refractivity contribution in [2.24, 2.45) is 11.8 Å². The zero-order valence-electron chi connectivity index (χ0n) is 12.1. The first-order valence-corrected chi connectivity index (χ1v) is 8.24. The number of amides is 1. The summed E-state index contributed by atoms with van der Waals surface area (Å²) in [7, 11) is 0. The van der Waals surface area contributed by atoms with Gasteiger partial charge in [0.25, 0.3) is 5.91 Å². The Morgan fingerprint density at radius 1 is 1.43 bits per heavy atom. The molecule has 3 N–H and O–H groups in total. The van der Waals surface area contributed by atoms with Crippen LogP contribution in [0.5, 0.6) is 0 Å². The summed E-state index contributed by atoms with van der Waals surface area (Å²) in [5.41, 5.74) is 6.56. The van der Waals surface area contributed by atoms with E-state index < -0.39 is 0 Å². The van der Waals surface area contributed by atoms with E-state index in [1.165, 1.54) is 37.0 Å². The number of aromatic nitrogens is 2. The first-order valence-electron chi connectivity index (χ1n) is 7.43. The number of carbonyl (C=O) groups is 1. The van der Waals surface area contributed by atoms with Crippen molar-refractivity contribution in [3.05, 3.63) is 17.1 Å². The van der Waals surface area contributed by atoms with Gasteiger partial charge in [0.05, 0.1) is 11.9 Å². The van der Waals surface area contributed by atoms with Crippen molar-refractivity contribution in [1.29, 1.82) is 0 Å². The van der Waals surface area contributed by atoms with E-state index in [1.807, 2.05) is 0 Å². The molecule has 0 bridgehead atoms. The van der Waals surface area contributed by atoms with Crippen LogP contribution >= 0.6 is 11.3 Å². The lowest BCUT2D eigenvalue weighted by molar-refractivity contribution is 0.0947. The van der Waals surface area contributed by atoms with E-state index in [9.17, 15) is 4.79 Å². The smallest absolute Gasteiger partial charge is 0.263 e. The van der Waals surface area contributed by atoms with Crippen LogP contribution in [0.25, 0.3) is 10.2 Å². The average molecular weight is 304 g/mol. The molecule has 0 spiro atoms. The molecule has 112 valence electrons. The molecule has 1 amide bonds. The standard InChI is InChI=1S/C15H20N4OS/c1-9-2-4-10(5-3-9)8-17-14(20)13-12(16)11-6-7-18-19-15(11)21-13/h6-7,9-10H,2-5,8,16H2,1H3,(H,17,20). The molecule has 1 aliphatic carbocycles. The number of fused-ring (bicyclic) bond motifs is 1. The third kappa shape index (κ3) is 3.00. The molecule has 2 heterocycles. The van der Waals surface area contributed by atoms with Gasteiger partial charge in [0.1, 0.15) is 9.71 Å². The zero-order valence-corrected chi connectivity index (χ0v) is 12.9. The molecule has 0 saturated heterocycles. The molecule has 2 aromatic heterocycles. The second-order valence-corrected chi connectivity index (χ2v) is 6.93. The van der Waals surface area contributed by atoms with E-state index in [1.54, 1.807) is 12.3 Å². The van der Waals surface area contributed by atoms with E-state index in [4.69, 9.17) is 5.73 Å². The van der Waals surface area contributed by atoms with Crippen LogP contribution in [0.2, 0.25) is 0 Å². The highest BCUT2D eigenvalue weighted by Gasteiger charge is 2.21. The van der Waals surface area contributed by atoms with E-state index >= 15 is 0 Å². The number of nitrogens with one attached hydrogen (secondary N) is 1. The Bertz CT molecular complexity index is 646. The van der Waals surface area contributed by atoms with Crippen molar-refractivity contribution >= 4 is 33.1 Å². The third-order valence-corrected chi connectivity index (χ3v) is 5.42. The summed E-state index contributed by atoms with van der Waals surface area (Å²) >= 11 is 1.31. The van der Waals surface area contributed by atoms with E-state index in [-0.39, 0.29) is 5.91 Å². The van der Waals surface area contributed by atoms with Crippen molar-refractivity contribution in [1.82, 2.24) is 15.5 Å². The maximum Gasteiger partial charge on any atom is 0.263 e. The van der Waals surface area contributed by atoms with Gasteiger partial charge in [0.15, 0.2) is 0 Å². The molecule has 0 unspecified atom stereocenters. The fourth-order valence-corrected chi connectivity index (χ4v) is 3.85. The highest BCUT2D eigenvalue weighted by atomic mass is 32.1. The number of carbonyl (C=O) groups excluding carboxylic acids is 1. The molecular formula is C15H20N4OS.